The molecule has 0 bridgehead atoms. The fraction of sp³-hybridized carbons (Fsp3) is 0.818. The van der Waals surface area contributed by atoms with E-state index in [1.54, 1.807) is 11.9 Å². The molecule has 1 saturated carbocycles. The minimum Gasteiger partial charge on any atom is -0.328 e. The van der Waals surface area contributed by atoms with Crippen molar-refractivity contribution in [3.63, 3.8) is 0 Å². The van der Waals surface area contributed by atoms with Crippen molar-refractivity contribution in [2.75, 3.05) is 13.6 Å². The van der Waals surface area contributed by atoms with E-state index in [0.29, 0.717) is 12.5 Å². The number of hydrogen-bond donors (Lipinski definition) is 1. The number of likely N-dealkylation sites (N-methyl/N-ethyl adjacent to an activating group) is 1. The van der Waals surface area contributed by atoms with Gasteiger partial charge in [0.05, 0.1) is 12.6 Å². The van der Waals surface area contributed by atoms with Crippen LogP contribution in [0.5, 0.6) is 0 Å². The molecule has 2 aliphatic rings. The van der Waals surface area contributed by atoms with Gasteiger partial charge in [0.15, 0.2) is 0 Å². The van der Waals surface area contributed by atoms with Gasteiger partial charge in [-0.1, -0.05) is 13.8 Å². The summed E-state index contributed by atoms with van der Waals surface area (Å²) in [6.07, 6.45) is 1.75. The lowest BCUT2D eigenvalue weighted by molar-refractivity contribution is -0.135. The van der Waals surface area contributed by atoms with Crippen molar-refractivity contribution in [2.45, 2.75) is 32.4 Å². The Morgan fingerprint density at radius 3 is 2.87 bits per heavy atom. The molecule has 4 nitrogen and oxygen atoms in total. The summed E-state index contributed by atoms with van der Waals surface area (Å²) in [7, 11) is 1.75. The summed E-state index contributed by atoms with van der Waals surface area (Å²) in [5, 5.41) is 2.85. The van der Waals surface area contributed by atoms with Gasteiger partial charge in [-0.2, -0.15) is 0 Å². The van der Waals surface area contributed by atoms with E-state index in [1.807, 2.05) is 0 Å². The van der Waals surface area contributed by atoms with Crippen LogP contribution in [-0.4, -0.2) is 42.8 Å². The minimum absolute atomic E-state index is 0.0488. The molecular formula is C11H18N2O2. The smallest absolute Gasteiger partial charge is 0.237 e. The molecule has 2 fully saturated rings. The monoisotopic (exact) mass is 210 g/mol. The van der Waals surface area contributed by atoms with Crippen LogP contribution in [0.1, 0.15) is 20.3 Å². The molecular weight excluding hydrogens is 192 g/mol. The molecule has 0 aromatic heterocycles. The SMILES string of the molecule is CNCC(=O)N1C(C=O)C[C@]2(C)C(C)C12. The van der Waals surface area contributed by atoms with Gasteiger partial charge >= 0.3 is 0 Å². The normalized spacial score (nSPS) is 42.6. The highest BCUT2D eigenvalue weighted by atomic mass is 16.2. The van der Waals surface area contributed by atoms with Crippen LogP contribution in [0.25, 0.3) is 0 Å². The maximum atomic E-state index is 11.8. The lowest BCUT2D eigenvalue weighted by Gasteiger charge is -2.24. The van der Waals surface area contributed by atoms with Gasteiger partial charge in [0.2, 0.25) is 5.91 Å². The van der Waals surface area contributed by atoms with Crippen LogP contribution in [0.3, 0.4) is 0 Å². The highest BCUT2D eigenvalue weighted by molar-refractivity contribution is 5.83. The first kappa shape index (κ1) is 10.6. The third-order valence-electron chi connectivity index (χ3n) is 4.16. The number of rotatable bonds is 3. The Bertz CT molecular complexity index is 305. The number of nitrogens with zero attached hydrogens (tertiary/aromatic N) is 1. The predicted octanol–water partition coefficient (Wildman–Crippen LogP) is 0.0302. The number of fused-ring (bicyclic) bond motifs is 1. The van der Waals surface area contributed by atoms with Crippen molar-refractivity contribution < 1.29 is 9.59 Å². The molecule has 1 aliphatic heterocycles. The lowest BCUT2D eigenvalue weighted by Crippen LogP contribution is -2.44. The third kappa shape index (κ3) is 1.31. The fourth-order valence-electron chi connectivity index (χ4n) is 3.08. The summed E-state index contributed by atoms with van der Waals surface area (Å²) >= 11 is 0. The number of carbonyl (C=O) groups is 2. The molecule has 0 spiro atoms. The maximum absolute atomic E-state index is 11.8. The maximum Gasteiger partial charge on any atom is 0.237 e. The van der Waals surface area contributed by atoms with Gasteiger partial charge in [0.25, 0.3) is 0 Å². The van der Waals surface area contributed by atoms with Crippen molar-refractivity contribution in [1.29, 1.82) is 0 Å². The highest BCUT2D eigenvalue weighted by Gasteiger charge is 2.68. The summed E-state index contributed by atoms with van der Waals surface area (Å²) in [6, 6.07) is 0.0885. The molecule has 1 saturated heterocycles. The molecule has 0 aromatic carbocycles. The molecule has 0 aromatic rings. The Morgan fingerprint density at radius 2 is 2.33 bits per heavy atom. The van der Waals surface area contributed by atoms with Crippen LogP contribution >= 0.6 is 0 Å². The molecule has 84 valence electrons. The van der Waals surface area contributed by atoms with Crippen LogP contribution in [0, 0.1) is 11.3 Å². The second-order valence-corrected chi connectivity index (χ2v) is 4.98. The Morgan fingerprint density at radius 1 is 1.67 bits per heavy atom. The Hall–Kier alpha value is -0.900. The summed E-state index contributed by atoms with van der Waals surface area (Å²) in [4.78, 5) is 24.6. The topological polar surface area (TPSA) is 49.4 Å². The van der Waals surface area contributed by atoms with Crippen molar-refractivity contribution in [1.82, 2.24) is 10.2 Å². The molecule has 4 atom stereocenters. The van der Waals surface area contributed by atoms with Gasteiger partial charge in [-0.15, -0.1) is 0 Å². The van der Waals surface area contributed by atoms with E-state index in [9.17, 15) is 9.59 Å². The standard InChI is InChI=1S/C11H18N2O2/c1-7-10-11(7,2)4-8(6-14)13(10)9(15)5-12-3/h6-8,10,12H,4-5H2,1-3H3/t7?,8?,10?,11-/m1/s1. The molecule has 4 heteroatoms. The second kappa shape index (κ2) is 3.30. The number of aldehydes is 1. The van der Waals surface area contributed by atoms with Gasteiger partial charge in [0.1, 0.15) is 6.29 Å². The molecule has 3 unspecified atom stereocenters. The average Bonchev–Trinajstić information content (AvgIpc) is 2.60. The Labute approximate surface area is 90.0 Å². The Kier molecular flexibility index (Phi) is 2.34. The summed E-state index contributed by atoms with van der Waals surface area (Å²) in [6.45, 7) is 4.65. The number of likely N-dealkylation sites (tertiary alicyclic amines) is 1. The largest absolute Gasteiger partial charge is 0.328 e. The molecule has 15 heavy (non-hydrogen) atoms. The number of nitrogens with one attached hydrogen (secondary N) is 1. The summed E-state index contributed by atoms with van der Waals surface area (Å²) in [5.74, 6) is 0.585. The van der Waals surface area contributed by atoms with E-state index in [4.69, 9.17) is 0 Å². The first-order valence-corrected chi connectivity index (χ1v) is 5.47. The zero-order valence-electron chi connectivity index (χ0n) is 9.49. The molecule has 1 heterocycles. The van der Waals surface area contributed by atoms with E-state index in [-0.39, 0.29) is 23.4 Å². The van der Waals surface area contributed by atoms with E-state index in [0.717, 1.165) is 12.7 Å². The van der Waals surface area contributed by atoms with Gasteiger partial charge < -0.3 is 15.0 Å². The van der Waals surface area contributed by atoms with Crippen LogP contribution in [0.15, 0.2) is 0 Å². The quantitative estimate of drug-likeness (QED) is 0.669. The Balaban J connectivity index is 2.15. The van der Waals surface area contributed by atoms with E-state index in [1.165, 1.54) is 0 Å². The van der Waals surface area contributed by atoms with Gasteiger partial charge in [-0.05, 0) is 24.8 Å². The average molecular weight is 210 g/mol. The van der Waals surface area contributed by atoms with Gasteiger partial charge in [-0.3, -0.25) is 4.79 Å². The number of piperidine rings is 1. The lowest BCUT2D eigenvalue weighted by atomic mass is 9.99. The highest BCUT2D eigenvalue weighted by Crippen LogP contribution is 2.63. The van der Waals surface area contributed by atoms with Crippen LogP contribution in [0.4, 0.5) is 0 Å². The molecule has 1 amide bonds. The molecule has 1 aliphatic carbocycles. The first-order valence-electron chi connectivity index (χ1n) is 5.47. The molecule has 0 radical (unpaired) electrons. The number of hydrogen-bond acceptors (Lipinski definition) is 3. The summed E-state index contributed by atoms with van der Waals surface area (Å²) in [5.41, 5.74) is 0.189. The minimum atomic E-state index is -0.197. The van der Waals surface area contributed by atoms with Crippen LogP contribution in [-0.2, 0) is 9.59 Å². The predicted molar refractivity (Wildman–Crippen MR) is 56.3 cm³/mol. The van der Waals surface area contributed by atoms with E-state index >= 15 is 0 Å². The van der Waals surface area contributed by atoms with Crippen molar-refractivity contribution >= 4 is 12.2 Å². The molecule has 2 rings (SSSR count). The zero-order valence-corrected chi connectivity index (χ0v) is 9.49. The summed E-state index contributed by atoms with van der Waals surface area (Å²) < 4.78 is 0. The van der Waals surface area contributed by atoms with E-state index < -0.39 is 0 Å². The number of amides is 1. The van der Waals surface area contributed by atoms with Crippen molar-refractivity contribution in [2.24, 2.45) is 11.3 Å². The zero-order chi connectivity index (χ0) is 11.2. The van der Waals surface area contributed by atoms with Crippen molar-refractivity contribution in [3.8, 4) is 0 Å². The molecule has 1 N–H and O–H groups in total. The fourth-order valence-corrected chi connectivity index (χ4v) is 3.08. The van der Waals surface area contributed by atoms with Crippen molar-refractivity contribution in [3.05, 3.63) is 0 Å². The van der Waals surface area contributed by atoms with E-state index in [2.05, 4.69) is 19.2 Å². The van der Waals surface area contributed by atoms with Gasteiger partial charge in [0, 0.05) is 6.04 Å². The first-order chi connectivity index (χ1) is 7.06. The van der Waals surface area contributed by atoms with Gasteiger partial charge in [-0.25, -0.2) is 0 Å². The van der Waals surface area contributed by atoms with Crippen LogP contribution in [0.2, 0.25) is 0 Å². The second-order valence-electron chi connectivity index (χ2n) is 4.98. The van der Waals surface area contributed by atoms with Crippen LogP contribution < -0.4 is 5.32 Å². The third-order valence-corrected chi connectivity index (χ3v) is 4.16. The number of carbonyl (C=O) groups excluding carboxylic acids is 2.